The molecule has 0 aliphatic rings. The van der Waals surface area contributed by atoms with Crippen molar-refractivity contribution in [1.29, 1.82) is 0 Å². The monoisotopic (exact) mass is 389 g/mol. The fraction of sp³-hybridized carbons (Fsp3) is 0.111. The van der Waals surface area contributed by atoms with Gasteiger partial charge in [0.1, 0.15) is 0 Å². The second-order valence-electron chi connectivity index (χ2n) is 6.59. The number of nitrogens with zero attached hydrogens (tertiary/aromatic N) is 1. The molecule has 3 nitrogen and oxygen atoms in total. The molecule has 0 amide bonds. The van der Waals surface area contributed by atoms with Crippen molar-refractivity contribution in [2.24, 2.45) is 0 Å². The molecule has 0 N–H and O–H groups in total. The van der Waals surface area contributed by atoms with Crippen LogP contribution in [0.5, 0.6) is 0 Å². The van der Waals surface area contributed by atoms with Crippen LogP contribution in [0.2, 0.25) is 0 Å². The van der Waals surface area contributed by atoms with Gasteiger partial charge in [0.05, 0.1) is 11.3 Å². The van der Waals surface area contributed by atoms with E-state index in [4.69, 9.17) is 11.2 Å². The largest absolute Gasteiger partial charge is 0.446 e. The SMILES string of the molecule is C#CC#CC#CC(C)OC(=O)c1ccc(-c2ccc(-c3ccc(C)cc3)nc2)cc1. The van der Waals surface area contributed by atoms with Crippen molar-refractivity contribution in [1.82, 2.24) is 4.98 Å². The van der Waals surface area contributed by atoms with Crippen molar-refractivity contribution < 1.29 is 9.53 Å². The van der Waals surface area contributed by atoms with Crippen molar-refractivity contribution in [3.05, 3.63) is 78.0 Å². The van der Waals surface area contributed by atoms with E-state index >= 15 is 0 Å². The lowest BCUT2D eigenvalue weighted by molar-refractivity contribution is 0.0438. The van der Waals surface area contributed by atoms with Crippen LogP contribution in [0, 0.1) is 42.9 Å². The van der Waals surface area contributed by atoms with Crippen LogP contribution in [0.25, 0.3) is 22.4 Å². The number of terminal acetylenes is 1. The van der Waals surface area contributed by atoms with Gasteiger partial charge in [-0.2, -0.15) is 0 Å². The van der Waals surface area contributed by atoms with Crippen molar-refractivity contribution in [2.75, 3.05) is 0 Å². The predicted molar refractivity (Wildman–Crippen MR) is 119 cm³/mol. The molecule has 3 rings (SSSR count). The number of carbonyl (C=O) groups excluding carboxylic acids is 1. The molecule has 0 aliphatic heterocycles. The van der Waals surface area contributed by atoms with E-state index < -0.39 is 12.1 Å². The van der Waals surface area contributed by atoms with Crippen LogP contribution in [0.3, 0.4) is 0 Å². The molecule has 0 aliphatic carbocycles. The molecule has 0 fully saturated rings. The second-order valence-corrected chi connectivity index (χ2v) is 6.59. The van der Waals surface area contributed by atoms with E-state index in [9.17, 15) is 4.79 Å². The Labute approximate surface area is 177 Å². The summed E-state index contributed by atoms with van der Waals surface area (Å²) in [6, 6.07) is 19.5. The zero-order valence-electron chi connectivity index (χ0n) is 16.8. The van der Waals surface area contributed by atoms with Crippen LogP contribution in [-0.4, -0.2) is 17.1 Å². The second kappa shape index (κ2) is 9.79. The molecular formula is C27H19NO2. The first-order valence-corrected chi connectivity index (χ1v) is 9.37. The summed E-state index contributed by atoms with van der Waals surface area (Å²) in [7, 11) is 0. The lowest BCUT2D eigenvalue weighted by atomic mass is 10.0. The predicted octanol–water partition coefficient (Wildman–Crippen LogP) is 4.91. The lowest BCUT2D eigenvalue weighted by Gasteiger charge is -2.08. The molecule has 0 saturated carbocycles. The Kier molecular flexibility index (Phi) is 6.68. The van der Waals surface area contributed by atoms with Gasteiger partial charge in [0.25, 0.3) is 0 Å². The summed E-state index contributed by atoms with van der Waals surface area (Å²) in [5.74, 6) is 11.8. The fourth-order valence-electron chi connectivity index (χ4n) is 2.72. The summed E-state index contributed by atoms with van der Waals surface area (Å²) >= 11 is 0. The average molecular weight is 389 g/mol. The van der Waals surface area contributed by atoms with Crippen LogP contribution >= 0.6 is 0 Å². The maximum absolute atomic E-state index is 12.2. The Balaban J connectivity index is 1.67. The van der Waals surface area contributed by atoms with Crippen LogP contribution in [0.1, 0.15) is 22.8 Å². The Morgan fingerprint density at radius 1 is 0.900 bits per heavy atom. The highest BCUT2D eigenvalue weighted by Gasteiger charge is 2.11. The number of hydrogen-bond donors (Lipinski definition) is 0. The van der Waals surface area contributed by atoms with E-state index in [0.717, 1.165) is 22.4 Å². The van der Waals surface area contributed by atoms with Gasteiger partial charge in [-0.05, 0) is 67.2 Å². The molecule has 1 unspecified atom stereocenters. The summed E-state index contributed by atoms with van der Waals surface area (Å²) < 4.78 is 5.29. The normalized spacial score (nSPS) is 10.4. The third-order valence-electron chi connectivity index (χ3n) is 4.32. The van der Waals surface area contributed by atoms with E-state index in [1.807, 2.05) is 30.5 Å². The zero-order valence-corrected chi connectivity index (χ0v) is 16.8. The van der Waals surface area contributed by atoms with Crippen molar-refractivity contribution in [2.45, 2.75) is 20.0 Å². The van der Waals surface area contributed by atoms with E-state index in [1.165, 1.54) is 5.56 Å². The minimum atomic E-state index is -0.581. The Hall–Kier alpha value is -4.26. The summed E-state index contributed by atoms with van der Waals surface area (Å²) in [4.78, 5) is 16.8. The van der Waals surface area contributed by atoms with Crippen LogP contribution in [-0.2, 0) is 4.74 Å². The standard InChI is InChI=1S/C27H19NO2/c1-4-5-6-7-8-21(3)30-27(29)24-15-13-22(14-16-24)25-17-18-26(28-19-25)23-11-9-20(2)10-12-23/h1,9-19,21H,2-3H3. The quantitative estimate of drug-likeness (QED) is 0.470. The minimum Gasteiger partial charge on any atom is -0.446 e. The van der Waals surface area contributed by atoms with E-state index in [-0.39, 0.29) is 0 Å². The number of esters is 1. The number of pyridine rings is 1. The molecule has 3 aromatic rings. The highest BCUT2D eigenvalue weighted by Crippen LogP contribution is 2.23. The molecule has 0 bridgehead atoms. The highest BCUT2D eigenvalue weighted by atomic mass is 16.5. The molecule has 2 aromatic carbocycles. The van der Waals surface area contributed by atoms with Gasteiger partial charge >= 0.3 is 5.97 Å². The van der Waals surface area contributed by atoms with Gasteiger partial charge in [0.15, 0.2) is 6.10 Å². The fourth-order valence-corrected chi connectivity index (χ4v) is 2.72. The topological polar surface area (TPSA) is 39.2 Å². The Morgan fingerprint density at radius 2 is 1.57 bits per heavy atom. The minimum absolute atomic E-state index is 0.443. The number of benzene rings is 2. The zero-order chi connectivity index (χ0) is 21.3. The van der Waals surface area contributed by atoms with Crippen molar-refractivity contribution in [3.8, 4) is 58.4 Å². The van der Waals surface area contributed by atoms with E-state index in [1.54, 1.807) is 19.1 Å². The molecular weight excluding hydrogens is 370 g/mol. The van der Waals surface area contributed by atoms with Gasteiger partial charge in [0.2, 0.25) is 0 Å². The smallest absolute Gasteiger partial charge is 0.339 e. The molecule has 1 atom stereocenters. The van der Waals surface area contributed by atoms with Crippen molar-refractivity contribution >= 4 is 5.97 Å². The van der Waals surface area contributed by atoms with Gasteiger partial charge in [-0.3, -0.25) is 4.98 Å². The van der Waals surface area contributed by atoms with E-state index in [2.05, 4.69) is 65.8 Å². The molecule has 1 heterocycles. The average Bonchev–Trinajstić information content (AvgIpc) is 2.77. The molecule has 144 valence electrons. The number of ether oxygens (including phenoxy) is 1. The first-order chi connectivity index (χ1) is 14.6. The molecule has 0 radical (unpaired) electrons. The molecule has 0 saturated heterocycles. The molecule has 1 aromatic heterocycles. The summed E-state index contributed by atoms with van der Waals surface area (Å²) in [5, 5.41) is 0. The maximum Gasteiger partial charge on any atom is 0.339 e. The summed E-state index contributed by atoms with van der Waals surface area (Å²) in [6.07, 6.45) is 6.26. The van der Waals surface area contributed by atoms with Gasteiger partial charge < -0.3 is 4.74 Å². The van der Waals surface area contributed by atoms with Crippen LogP contribution in [0.15, 0.2) is 66.9 Å². The van der Waals surface area contributed by atoms with Gasteiger partial charge in [-0.25, -0.2) is 4.79 Å². The Bertz CT molecular complexity index is 1190. The third kappa shape index (κ3) is 5.39. The number of hydrogen-bond acceptors (Lipinski definition) is 3. The van der Waals surface area contributed by atoms with Gasteiger partial charge in [0, 0.05) is 17.3 Å². The molecule has 0 spiro atoms. The summed E-state index contributed by atoms with van der Waals surface area (Å²) in [5.41, 5.74) is 5.59. The number of aryl methyl sites for hydroxylation is 1. The molecule has 30 heavy (non-hydrogen) atoms. The van der Waals surface area contributed by atoms with Crippen LogP contribution in [0.4, 0.5) is 0 Å². The summed E-state index contributed by atoms with van der Waals surface area (Å²) in [6.45, 7) is 3.74. The third-order valence-corrected chi connectivity index (χ3v) is 4.32. The number of rotatable bonds is 4. The first-order valence-electron chi connectivity index (χ1n) is 9.37. The van der Waals surface area contributed by atoms with Gasteiger partial charge in [-0.1, -0.05) is 48.0 Å². The number of carbonyl (C=O) groups is 1. The lowest BCUT2D eigenvalue weighted by Crippen LogP contribution is -2.13. The van der Waals surface area contributed by atoms with Gasteiger partial charge in [-0.15, -0.1) is 6.42 Å². The first kappa shape index (κ1) is 20.5. The molecule has 3 heteroatoms. The van der Waals surface area contributed by atoms with Crippen molar-refractivity contribution in [3.63, 3.8) is 0 Å². The highest BCUT2D eigenvalue weighted by molar-refractivity contribution is 5.90. The Morgan fingerprint density at radius 3 is 2.20 bits per heavy atom. The van der Waals surface area contributed by atoms with Crippen LogP contribution < -0.4 is 0 Å². The van der Waals surface area contributed by atoms with E-state index in [0.29, 0.717) is 5.56 Å². The maximum atomic E-state index is 12.2. The number of aromatic nitrogens is 1.